The SMILES string of the molecule is OC(c1ccc(C2CCC2)cc1)c1c(F)cc(F)cc1F. The third-order valence-electron chi connectivity index (χ3n) is 4.15. The van der Waals surface area contributed by atoms with Crippen molar-refractivity contribution in [3.63, 3.8) is 0 Å². The van der Waals surface area contributed by atoms with Gasteiger partial charge in [0.25, 0.3) is 0 Å². The van der Waals surface area contributed by atoms with Gasteiger partial charge in [0.15, 0.2) is 0 Å². The molecule has 110 valence electrons. The molecule has 0 heterocycles. The Labute approximate surface area is 121 Å². The third kappa shape index (κ3) is 2.68. The summed E-state index contributed by atoms with van der Waals surface area (Å²) in [6, 6.07) is 8.24. The molecule has 0 bridgehead atoms. The monoisotopic (exact) mass is 292 g/mol. The number of hydrogen-bond donors (Lipinski definition) is 1. The Morgan fingerprint density at radius 3 is 2.00 bits per heavy atom. The summed E-state index contributed by atoms with van der Waals surface area (Å²) in [6.45, 7) is 0. The first-order valence-electron chi connectivity index (χ1n) is 6.98. The maximum absolute atomic E-state index is 13.7. The third-order valence-corrected chi connectivity index (χ3v) is 4.15. The van der Waals surface area contributed by atoms with Gasteiger partial charge in [0.05, 0.1) is 5.56 Å². The summed E-state index contributed by atoms with van der Waals surface area (Å²) in [7, 11) is 0. The van der Waals surface area contributed by atoms with E-state index in [4.69, 9.17) is 0 Å². The molecule has 0 saturated heterocycles. The van der Waals surface area contributed by atoms with Crippen LogP contribution in [0.4, 0.5) is 13.2 Å². The van der Waals surface area contributed by atoms with Crippen LogP contribution in [0.1, 0.15) is 48.0 Å². The number of aliphatic hydroxyl groups is 1. The van der Waals surface area contributed by atoms with Gasteiger partial charge < -0.3 is 5.11 Å². The van der Waals surface area contributed by atoms with Gasteiger partial charge in [-0.1, -0.05) is 30.7 Å². The lowest BCUT2D eigenvalue weighted by Crippen LogP contribution is -2.10. The Morgan fingerprint density at radius 1 is 0.952 bits per heavy atom. The molecule has 1 saturated carbocycles. The second-order valence-corrected chi connectivity index (χ2v) is 5.48. The lowest BCUT2D eigenvalue weighted by molar-refractivity contribution is 0.208. The molecule has 0 aliphatic heterocycles. The molecule has 0 radical (unpaired) electrons. The maximum atomic E-state index is 13.7. The first kappa shape index (κ1) is 14.1. The van der Waals surface area contributed by atoms with Crippen LogP contribution >= 0.6 is 0 Å². The highest BCUT2D eigenvalue weighted by Gasteiger charge is 2.23. The first-order chi connectivity index (χ1) is 10.1. The molecule has 0 aromatic heterocycles. The Hall–Kier alpha value is -1.81. The predicted octanol–water partition coefficient (Wildman–Crippen LogP) is 4.45. The number of benzene rings is 2. The number of hydrogen-bond acceptors (Lipinski definition) is 1. The molecule has 2 aromatic carbocycles. The van der Waals surface area contributed by atoms with Crippen LogP contribution in [0, 0.1) is 17.5 Å². The highest BCUT2D eigenvalue weighted by Crippen LogP contribution is 2.37. The highest BCUT2D eigenvalue weighted by molar-refractivity contribution is 5.35. The van der Waals surface area contributed by atoms with Crippen LogP contribution < -0.4 is 0 Å². The Kier molecular flexibility index (Phi) is 3.72. The zero-order valence-corrected chi connectivity index (χ0v) is 11.3. The molecule has 4 heteroatoms. The Balaban J connectivity index is 1.89. The maximum Gasteiger partial charge on any atom is 0.135 e. The van der Waals surface area contributed by atoms with Gasteiger partial charge in [-0.05, 0) is 29.9 Å². The van der Waals surface area contributed by atoms with Crippen molar-refractivity contribution >= 4 is 0 Å². The quantitative estimate of drug-likeness (QED) is 0.886. The molecule has 0 spiro atoms. The van der Waals surface area contributed by atoms with Gasteiger partial charge in [-0.3, -0.25) is 0 Å². The van der Waals surface area contributed by atoms with E-state index in [2.05, 4.69) is 0 Å². The van der Waals surface area contributed by atoms with Gasteiger partial charge in [0.1, 0.15) is 23.6 Å². The minimum atomic E-state index is -1.44. The summed E-state index contributed by atoms with van der Waals surface area (Å²) in [6.07, 6.45) is 2.09. The summed E-state index contributed by atoms with van der Waals surface area (Å²) in [5.74, 6) is -2.61. The van der Waals surface area contributed by atoms with E-state index >= 15 is 0 Å². The zero-order valence-electron chi connectivity index (χ0n) is 11.3. The summed E-state index contributed by atoms with van der Waals surface area (Å²) < 4.78 is 40.3. The molecule has 21 heavy (non-hydrogen) atoms. The fourth-order valence-electron chi connectivity index (χ4n) is 2.67. The molecule has 3 rings (SSSR count). The molecular weight excluding hydrogens is 277 g/mol. The molecule has 1 N–H and O–H groups in total. The molecule has 1 aliphatic rings. The summed E-state index contributed by atoms with van der Waals surface area (Å²) in [5, 5.41) is 10.1. The molecule has 1 atom stereocenters. The van der Waals surface area contributed by atoms with Crippen LogP contribution in [0.3, 0.4) is 0 Å². The van der Waals surface area contributed by atoms with Crippen LogP contribution in [0.2, 0.25) is 0 Å². The van der Waals surface area contributed by atoms with E-state index in [9.17, 15) is 18.3 Å². The van der Waals surface area contributed by atoms with Crippen molar-refractivity contribution in [1.29, 1.82) is 0 Å². The van der Waals surface area contributed by atoms with Crippen LogP contribution in [-0.4, -0.2) is 5.11 Å². The van der Waals surface area contributed by atoms with Crippen molar-refractivity contribution < 1.29 is 18.3 Å². The van der Waals surface area contributed by atoms with Gasteiger partial charge in [0.2, 0.25) is 0 Å². The van der Waals surface area contributed by atoms with E-state index in [0.29, 0.717) is 23.6 Å². The van der Waals surface area contributed by atoms with Crippen LogP contribution in [0.15, 0.2) is 36.4 Å². The van der Waals surface area contributed by atoms with Crippen LogP contribution in [-0.2, 0) is 0 Å². The van der Waals surface area contributed by atoms with E-state index < -0.39 is 29.1 Å². The minimum Gasteiger partial charge on any atom is -0.383 e. The van der Waals surface area contributed by atoms with Gasteiger partial charge >= 0.3 is 0 Å². The number of rotatable bonds is 3. The molecule has 1 nitrogen and oxygen atoms in total. The highest BCUT2D eigenvalue weighted by atomic mass is 19.1. The fourth-order valence-corrected chi connectivity index (χ4v) is 2.67. The average Bonchev–Trinajstić information content (AvgIpc) is 2.36. The van der Waals surface area contributed by atoms with Crippen LogP contribution in [0.5, 0.6) is 0 Å². The van der Waals surface area contributed by atoms with Crippen molar-refractivity contribution in [1.82, 2.24) is 0 Å². The van der Waals surface area contributed by atoms with Crippen molar-refractivity contribution in [2.45, 2.75) is 31.3 Å². The fraction of sp³-hybridized carbons (Fsp3) is 0.294. The van der Waals surface area contributed by atoms with E-state index in [1.165, 1.54) is 12.0 Å². The number of halogens is 3. The zero-order chi connectivity index (χ0) is 15.0. The average molecular weight is 292 g/mol. The van der Waals surface area contributed by atoms with Gasteiger partial charge in [-0.25, -0.2) is 13.2 Å². The predicted molar refractivity (Wildman–Crippen MR) is 73.4 cm³/mol. The normalized spacial score (nSPS) is 16.6. The summed E-state index contributed by atoms with van der Waals surface area (Å²) in [5.41, 5.74) is 1.05. The van der Waals surface area contributed by atoms with Gasteiger partial charge in [-0.2, -0.15) is 0 Å². The molecule has 1 unspecified atom stereocenters. The van der Waals surface area contributed by atoms with E-state index in [0.717, 1.165) is 12.8 Å². The van der Waals surface area contributed by atoms with Gasteiger partial charge in [0, 0.05) is 12.1 Å². The lowest BCUT2D eigenvalue weighted by Gasteiger charge is -2.26. The largest absolute Gasteiger partial charge is 0.383 e. The topological polar surface area (TPSA) is 20.2 Å². The lowest BCUT2D eigenvalue weighted by atomic mass is 9.80. The smallest absolute Gasteiger partial charge is 0.135 e. The van der Waals surface area contributed by atoms with E-state index in [1.54, 1.807) is 12.1 Å². The standard InChI is InChI=1S/C17H15F3O/c18-13-8-14(19)16(15(20)9-13)17(21)12-6-4-11(5-7-12)10-2-1-3-10/h4-10,17,21H,1-3H2. The summed E-state index contributed by atoms with van der Waals surface area (Å²) >= 11 is 0. The second-order valence-electron chi connectivity index (χ2n) is 5.48. The van der Waals surface area contributed by atoms with Crippen LogP contribution in [0.25, 0.3) is 0 Å². The van der Waals surface area contributed by atoms with E-state index in [-0.39, 0.29) is 0 Å². The first-order valence-corrected chi connectivity index (χ1v) is 6.98. The molecule has 1 fully saturated rings. The van der Waals surface area contributed by atoms with Crippen molar-refractivity contribution in [3.05, 3.63) is 70.5 Å². The second kappa shape index (κ2) is 5.53. The van der Waals surface area contributed by atoms with Gasteiger partial charge in [-0.15, -0.1) is 0 Å². The van der Waals surface area contributed by atoms with Crippen molar-refractivity contribution in [2.75, 3.05) is 0 Å². The van der Waals surface area contributed by atoms with Crippen molar-refractivity contribution in [2.24, 2.45) is 0 Å². The Morgan fingerprint density at radius 2 is 1.52 bits per heavy atom. The Bertz CT molecular complexity index is 625. The summed E-state index contributed by atoms with van der Waals surface area (Å²) in [4.78, 5) is 0. The number of aliphatic hydroxyl groups excluding tert-OH is 1. The molecule has 2 aromatic rings. The molecule has 1 aliphatic carbocycles. The molecular formula is C17H15F3O. The molecule has 0 amide bonds. The minimum absolute atomic E-state index is 0.391. The van der Waals surface area contributed by atoms with Crippen molar-refractivity contribution in [3.8, 4) is 0 Å². The van der Waals surface area contributed by atoms with E-state index in [1.807, 2.05) is 12.1 Å².